The fraction of sp³-hybridized carbons (Fsp3) is 0.231. The number of nitrogens with zero attached hydrogens (tertiary/aromatic N) is 3. The van der Waals surface area contributed by atoms with E-state index in [0.29, 0.717) is 5.16 Å². The van der Waals surface area contributed by atoms with Crippen molar-refractivity contribution in [2.75, 3.05) is 17.2 Å². The summed E-state index contributed by atoms with van der Waals surface area (Å²) >= 11 is 4.53. The second-order valence-electron chi connectivity index (χ2n) is 4.46. The normalized spacial score (nSPS) is 11.9. The van der Waals surface area contributed by atoms with Gasteiger partial charge in [-0.15, -0.1) is 0 Å². The van der Waals surface area contributed by atoms with E-state index in [1.54, 1.807) is 0 Å². The lowest BCUT2D eigenvalue weighted by Crippen LogP contribution is -2.28. The summed E-state index contributed by atoms with van der Waals surface area (Å²) in [6, 6.07) is 7.69. The first-order valence-electron chi connectivity index (χ1n) is 6.38. The van der Waals surface area contributed by atoms with Gasteiger partial charge in [0.15, 0.2) is 5.16 Å². The number of hydrogen-bond donors (Lipinski definition) is 3. The van der Waals surface area contributed by atoms with Gasteiger partial charge in [-0.1, -0.05) is 39.8 Å². The highest BCUT2D eigenvalue weighted by molar-refractivity contribution is 9.10. The molecule has 1 aromatic carbocycles. The first kappa shape index (κ1) is 16.5. The van der Waals surface area contributed by atoms with Crippen LogP contribution in [0.4, 0.5) is 11.9 Å². The van der Waals surface area contributed by atoms with Crippen molar-refractivity contribution >= 4 is 45.5 Å². The highest BCUT2D eigenvalue weighted by Crippen LogP contribution is 2.18. The SMILES string of the molecule is CC(NC(=O)CSc1nc(N)nc(N)n1)c1ccc(Br)cc1. The topological polar surface area (TPSA) is 120 Å². The Morgan fingerprint density at radius 1 is 1.23 bits per heavy atom. The Labute approximate surface area is 140 Å². The molecular formula is C13H15BrN6OS. The molecule has 5 N–H and O–H groups in total. The third kappa shape index (κ3) is 4.85. The second-order valence-corrected chi connectivity index (χ2v) is 6.32. The number of carbonyl (C=O) groups is 1. The molecule has 7 nitrogen and oxygen atoms in total. The summed E-state index contributed by atoms with van der Waals surface area (Å²) in [5.74, 6) is 0.124. The molecule has 0 radical (unpaired) electrons. The largest absolute Gasteiger partial charge is 0.368 e. The molecule has 1 heterocycles. The standard InChI is InChI=1S/C13H15BrN6OS/c1-7(8-2-4-9(14)5-3-8)17-10(21)6-22-13-19-11(15)18-12(16)20-13/h2-5,7H,6H2,1H3,(H,17,21)(H4,15,16,18,19,20). The van der Waals surface area contributed by atoms with Crippen LogP contribution in [0.1, 0.15) is 18.5 Å². The first-order valence-corrected chi connectivity index (χ1v) is 8.16. The van der Waals surface area contributed by atoms with E-state index < -0.39 is 0 Å². The van der Waals surface area contributed by atoms with Crippen LogP contribution in [-0.4, -0.2) is 26.6 Å². The fourth-order valence-electron chi connectivity index (χ4n) is 1.70. The molecule has 1 aromatic heterocycles. The van der Waals surface area contributed by atoms with Crippen LogP contribution in [0.15, 0.2) is 33.9 Å². The van der Waals surface area contributed by atoms with E-state index in [1.807, 2.05) is 31.2 Å². The lowest BCUT2D eigenvalue weighted by molar-refractivity contribution is -0.119. The number of anilines is 2. The van der Waals surface area contributed by atoms with E-state index in [-0.39, 0.29) is 29.6 Å². The summed E-state index contributed by atoms with van der Waals surface area (Å²) in [4.78, 5) is 23.4. The van der Waals surface area contributed by atoms with Crippen LogP contribution < -0.4 is 16.8 Å². The van der Waals surface area contributed by atoms with Gasteiger partial charge in [0.05, 0.1) is 11.8 Å². The summed E-state index contributed by atoms with van der Waals surface area (Å²) in [6.07, 6.45) is 0. The van der Waals surface area contributed by atoms with Crippen molar-refractivity contribution < 1.29 is 4.79 Å². The summed E-state index contributed by atoms with van der Waals surface area (Å²) < 4.78 is 0.996. The molecule has 9 heteroatoms. The Morgan fingerprint density at radius 2 is 1.82 bits per heavy atom. The van der Waals surface area contributed by atoms with Gasteiger partial charge in [-0.25, -0.2) is 0 Å². The van der Waals surface area contributed by atoms with E-state index >= 15 is 0 Å². The van der Waals surface area contributed by atoms with Crippen molar-refractivity contribution in [1.29, 1.82) is 0 Å². The number of aromatic nitrogens is 3. The maximum atomic E-state index is 12.0. The van der Waals surface area contributed by atoms with E-state index in [0.717, 1.165) is 21.8 Å². The molecule has 0 saturated heterocycles. The Balaban J connectivity index is 1.88. The zero-order chi connectivity index (χ0) is 16.1. The number of thioether (sulfide) groups is 1. The summed E-state index contributed by atoms with van der Waals surface area (Å²) in [7, 11) is 0. The van der Waals surface area contributed by atoms with Gasteiger partial charge >= 0.3 is 0 Å². The number of rotatable bonds is 5. The molecule has 0 saturated carbocycles. The van der Waals surface area contributed by atoms with Crippen molar-refractivity contribution in [1.82, 2.24) is 20.3 Å². The van der Waals surface area contributed by atoms with Crippen molar-refractivity contribution in [2.24, 2.45) is 0 Å². The molecule has 2 rings (SSSR count). The van der Waals surface area contributed by atoms with Crippen LogP contribution in [0.3, 0.4) is 0 Å². The molecule has 2 aromatic rings. The Hall–Kier alpha value is -1.87. The third-order valence-electron chi connectivity index (χ3n) is 2.73. The Bertz CT molecular complexity index is 646. The van der Waals surface area contributed by atoms with Gasteiger partial charge in [0, 0.05) is 4.47 Å². The van der Waals surface area contributed by atoms with Gasteiger partial charge in [0.1, 0.15) is 0 Å². The van der Waals surface area contributed by atoms with Crippen LogP contribution in [0.25, 0.3) is 0 Å². The van der Waals surface area contributed by atoms with Gasteiger partial charge in [0.2, 0.25) is 17.8 Å². The predicted octanol–water partition coefficient (Wildman–Crippen LogP) is 1.77. The number of benzene rings is 1. The molecular weight excluding hydrogens is 368 g/mol. The number of hydrogen-bond acceptors (Lipinski definition) is 7. The molecule has 0 aliphatic rings. The van der Waals surface area contributed by atoms with E-state index in [2.05, 4.69) is 36.2 Å². The minimum absolute atomic E-state index is 0.0404. The minimum atomic E-state index is -0.127. The third-order valence-corrected chi connectivity index (χ3v) is 4.11. The van der Waals surface area contributed by atoms with Gasteiger partial charge in [0.25, 0.3) is 0 Å². The maximum Gasteiger partial charge on any atom is 0.230 e. The summed E-state index contributed by atoms with van der Waals surface area (Å²) in [6.45, 7) is 1.92. The predicted molar refractivity (Wildman–Crippen MR) is 90.1 cm³/mol. The summed E-state index contributed by atoms with van der Waals surface area (Å²) in [5.41, 5.74) is 12.0. The number of nitrogens with two attached hydrogens (primary N) is 2. The molecule has 1 unspecified atom stereocenters. The van der Waals surface area contributed by atoms with Crippen LogP contribution in [0, 0.1) is 0 Å². The van der Waals surface area contributed by atoms with Gasteiger partial charge < -0.3 is 16.8 Å². The molecule has 0 fully saturated rings. The number of nitrogens with one attached hydrogen (secondary N) is 1. The highest BCUT2D eigenvalue weighted by atomic mass is 79.9. The molecule has 22 heavy (non-hydrogen) atoms. The van der Waals surface area contributed by atoms with Crippen molar-refractivity contribution in [2.45, 2.75) is 18.1 Å². The Morgan fingerprint density at radius 3 is 2.41 bits per heavy atom. The van der Waals surface area contributed by atoms with E-state index in [4.69, 9.17) is 11.5 Å². The van der Waals surface area contributed by atoms with Crippen LogP contribution >= 0.6 is 27.7 Å². The van der Waals surface area contributed by atoms with Crippen molar-refractivity contribution in [3.63, 3.8) is 0 Å². The number of nitrogen functional groups attached to an aromatic ring is 2. The molecule has 0 aliphatic heterocycles. The average molecular weight is 383 g/mol. The second kappa shape index (κ2) is 7.41. The van der Waals surface area contributed by atoms with Gasteiger partial charge in [-0.2, -0.15) is 15.0 Å². The number of halogens is 1. The smallest absolute Gasteiger partial charge is 0.230 e. The average Bonchev–Trinajstić information content (AvgIpc) is 2.45. The van der Waals surface area contributed by atoms with Gasteiger partial charge in [-0.05, 0) is 24.6 Å². The fourth-order valence-corrected chi connectivity index (χ4v) is 2.62. The molecule has 1 amide bonds. The molecule has 0 bridgehead atoms. The number of amides is 1. The minimum Gasteiger partial charge on any atom is -0.368 e. The molecule has 0 spiro atoms. The zero-order valence-corrected chi connectivity index (χ0v) is 14.2. The highest BCUT2D eigenvalue weighted by Gasteiger charge is 2.11. The number of carbonyl (C=O) groups excluding carboxylic acids is 1. The van der Waals surface area contributed by atoms with Crippen molar-refractivity contribution in [3.8, 4) is 0 Å². The van der Waals surface area contributed by atoms with E-state index in [9.17, 15) is 4.79 Å². The first-order chi connectivity index (χ1) is 10.4. The van der Waals surface area contributed by atoms with E-state index in [1.165, 1.54) is 0 Å². The maximum absolute atomic E-state index is 12.0. The lowest BCUT2D eigenvalue weighted by Gasteiger charge is -2.14. The monoisotopic (exact) mass is 382 g/mol. The van der Waals surface area contributed by atoms with Gasteiger partial charge in [-0.3, -0.25) is 4.79 Å². The molecule has 0 aliphatic carbocycles. The Kier molecular flexibility index (Phi) is 5.56. The van der Waals surface area contributed by atoms with Crippen LogP contribution in [0.2, 0.25) is 0 Å². The van der Waals surface area contributed by atoms with Crippen LogP contribution in [0.5, 0.6) is 0 Å². The molecule has 116 valence electrons. The molecule has 1 atom stereocenters. The lowest BCUT2D eigenvalue weighted by atomic mass is 10.1. The van der Waals surface area contributed by atoms with Crippen molar-refractivity contribution in [3.05, 3.63) is 34.3 Å². The quantitative estimate of drug-likeness (QED) is 0.673. The summed E-state index contributed by atoms with van der Waals surface area (Å²) in [5, 5.41) is 3.24. The van der Waals surface area contributed by atoms with Crippen LogP contribution in [-0.2, 0) is 4.79 Å². The zero-order valence-electron chi connectivity index (χ0n) is 11.8.